The molecule has 4 nitrogen and oxygen atoms in total. The number of carbonyl (C=O) groups excluding carboxylic acids is 1. The average Bonchev–Trinajstić information content (AvgIpc) is 3.09. The molecular weight excluding hydrogens is 254 g/mol. The van der Waals surface area contributed by atoms with Gasteiger partial charge in [-0.25, -0.2) is 0 Å². The molecule has 4 heteroatoms. The molecule has 110 valence electrons. The van der Waals surface area contributed by atoms with Gasteiger partial charge in [-0.3, -0.25) is 4.79 Å². The van der Waals surface area contributed by atoms with Crippen molar-refractivity contribution in [3.05, 3.63) is 24.2 Å². The fourth-order valence-electron chi connectivity index (χ4n) is 3.29. The molecular formula is C16H23NO3. The summed E-state index contributed by atoms with van der Waals surface area (Å²) < 4.78 is 10.9. The highest BCUT2D eigenvalue weighted by atomic mass is 16.5. The number of ether oxygens (including phenoxy) is 1. The molecule has 2 atom stereocenters. The summed E-state index contributed by atoms with van der Waals surface area (Å²) in [6.07, 6.45) is 7.83. The number of hydrogen-bond acceptors (Lipinski definition) is 3. The topological polar surface area (TPSA) is 42.7 Å². The van der Waals surface area contributed by atoms with Crippen molar-refractivity contribution in [3.63, 3.8) is 0 Å². The Bertz CT molecular complexity index is 423. The van der Waals surface area contributed by atoms with Gasteiger partial charge in [0.25, 0.3) is 0 Å². The van der Waals surface area contributed by atoms with Crippen molar-refractivity contribution in [2.45, 2.75) is 44.6 Å². The minimum atomic E-state index is 0.127. The number of likely N-dealkylation sites (tertiary alicyclic amines) is 1. The minimum absolute atomic E-state index is 0.127. The van der Waals surface area contributed by atoms with Crippen LogP contribution in [-0.2, 0) is 9.53 Å². The van der Waals surface area contributed by atoms with Gasteiger partial charge in [0.05, 0.1) is 12.3 Å². The van der Waals surface area contributed by atoms with E-state index in [1.807, 2.05) is 17.0 Å². The molecule has 1 aromatic rings. The quantitative estimate of drug-likeness (QED) is 0.852. The van der Waals surface area contributed by atoms with E-state index in [-0.39, 0.29) is 11.9 Å². The van der Waals surface area contributed by atoms with Crippen molar-refractivity contribution >= 4 is 5.91 Å². The third-order valence-corrected chi connectivity index (χ3v) is 4.43. The van der Waals surface area contributed by atoms with Crippen molar-refractivity contribution in [2.24, 2.45) is 5.92 Å². The van der Waals surface area contributed by atoms with E-state index in [1.165, 1.54) is 12.8 Å². The van der Waals surface area contributed by atoms with E-state index in [0.717, 1.165) is 44.8 Å². The van der Waals surface area contributed by atoms with Crippen molar-refractivity contribution in [3.8, 4) is 0 Å². The second-order valence-corrected chi connectivity index (χ2v) is 5.90. The second-order valence-electron chi connectivity index (χ2n) is 5.90. The number of amides is 1. The van der Waals surface area contributed by atoms with Crippen molar-refractivity contribution < 1.29 is 13.9 Å². The summed E-state index contributed by atoms with van der Waals surface area (Å²) in [7, 11) is 0. The molecule has 0 saturated carbocycles. The standard InChI is InChI=1S/C16H23NO3/c18-16(11-13-7-10-19-12-13)17-8-3-1-2-5-14(17)15-6-4-9-20-15/h4,6,9,13-14H,1-3,5,7-8,10-12H2. The van der Waals surface area contributed by atoms with E-state index in [1.54, 1.807) is 6.26 Å². The van der Waals surface area contributed by atoms with Crippen molar-refractivity contribution in [2.75, 3.05) is 19.8 Å². The molecule has 20 heavy (non-hydrogen) atoms. The summed E-state index contributed by atoms with van der Waals surface area (Å²) in [5.74, 6) is 1.61. The van der Waals surface area contributed by atoms with Gasteiger partial charge in [-0.1, -0.05) is 12.8 Å². The average molecular weight is 277 g/mol. The SMILES string of the molecule is O=C(CC1CCOC1)N1CCCCCC1c1ccco1. The largest absolute Gasteiger partial charge is 0.467 e. The zero-order chi connectivity index (χ0) is 13.8. The Hall–Kier alpha value is -1.29. The minimum Gasteiger partial charge on any atom is -0.467 e. The van der Waals surface area contributed by atoms with Gasteiger partial charge >= 0.3 is 0 Å². The lowest BCUT2D eigenvalue weighted by atomic mass is 10.0. The van der Waals surface area contributed by atoms with Gasteiger partial charge in [-0.15, -0.1) is 0 Å². The van der Waals surface area contributed by atoms with Gasteiger partial charge in [0.15, 0.2) is 0 Å². The molecule has 1 aromatic heterocycles. The van der Waals surface area contributed by atoms with Gasteiger partial charge in [-0.2, -0.15) is 0 Å². The highest BCUT2D eigenvalue weighted by Crippen LogP contribution is 2.32. The molecule has 2 aliphatic heterocycles. The first kappa shape index (κ1) is 13.7. The van der Waals surface area contributed by atoms with E-state index >= 15 is 0 Å². The molecule has 1 amide bonds. The highest BCUT2D eigenvalue weighted by Gasteiger charge is 2.30. The summed E-state index contributed by atoms with van der Waals surface area (Å²) in [6, 6.07) is 4.03. The summed E-state index contributed by atoms with van der Waals surface area (Å²) in [5, 5.41) is 0. The van der Waals surface area contributed by atoms with E-state index in [0.29, 0.717) is 12.3 Å². The lowest BCUT2D eigenvalue weighted by Crippen LogP contribution is -2.35. The van der Waals surface area contributed by atoms with Gasteiger partial charge in [0.2, 0.25) is 5.91 Å². The summed E-state index contributed by atoms with van der Waals surface area (Å²) in [6.45, 7) is 2.41. The molecule has 2 saturated heterocycles. The Morgan fingerprint density at radius 1 is 1.30 bits per heavy atom. The molecule has 0 aliphatic carbocycles. The van der Waals surface area contributed by atoms with Gasteiger partial charge in [0.1, 0.15) is 5.76 Å². The third kappa shape index (κ3) is 3.06. The lowest BCUT2D eigenvalue weighted by Gasteiger charge is -2.29. The van der Waals surface area contributed by atoms with Crippen LogP contribution in [-0.4, -0.2) is 30.6 Å². The van der Waals surface area contributed by atoms with Crippen molar-refractivity contribution in [1.82, 2.24) is 4.90 Å². The maximum absolute atomic E-state index is 12.6. The van der Waals surface area contributed by atoms with Crippen molar-refractivity contribution in [1.29, 1.82) is 0 Å². The summed E-state index contributed by atoms with van der Waals surface area (Å²) in [5.41, 5.74) is 0. The van der Waals surface area contributed by atoms with Crippen LogP contribution in [0, 0.1) is 5.92 Å². The van der Waals surface area contributed by atoms with Crippen LogP contribution in [0.5, 0.6) is 0 Å². The molecule has 0 aromatic carbocycles. The molecule has 3 heterocycles. The van der Waals surface area contributed by atoms with Gasteiger partial charge in [0, 0.05) is 26.2 Å². The number of rotatable bonds is 3. The molecule has 3 rings (SSSR count). The number of carbonyl (C=O) groups is 1. The molecule has 2 fully saturated rings. The Labute approximate surface area is 120 Å². The van der Waals surface area contributed by atoms with Crippen LogP contribution in [0.2, 0.25) is 0 Å². The van der Waals surface area contributed by atoms with Crippen LogP contribution in [0.15, 0.2) is 22.8 Å². The predicted octanol–water partition coefficient (Wildman–Crippen LogP) is 3.15. The van der Waals surface area contributed by atoms with Crippen LogP contribution < -0.4 is 0 Å². The van der Waals surface area contributed by atoms with E-state index in [9.17, 15) is 4.79 Å². The Morgan fingerprint density at radius 3 is 3.00 bits per heavy atom. The summed E-state index contributed by atoms with van der Waals surface area (Å²) in [4.78, 5) is 14.7. The van der Waals surface area contributed by atoms with Crippen LogP contribution in [0.3, 0.4) is 0 Å². The first-order valence-electron chi connectivity index (χ1n) is 7.75. The zero-order valence-corrected chi connectivity index (χ0v) is 11.9. The predicted molar refractivity (Wildman–Crippen MR) is 75.2 cm³/mol. The smallest absolute Gasteiger partial charge is 0.223 e. The number of furan rings is 1. The number of nitrogens with zero attached hydrogens (tertiary/aromatic N) is 1. The second kappa shape index (κ2) is 6.44. The van der Waals surface area contributed by atoms with Crippen LogP contribution in [0.4, 0.5) is 0 Å². The molecule has 0 bridgehead atoms. The number of hydrogen-bond donors (Lipinski definition) is 0. The molecule has 2 aliphatic rings. The first-order chi connectivity index (χ1) is 9.84. The van der Waals surface area contributed by atoms with E-state index < -0.39 is 0 Å². The molecule has 0 radical (unpaired) electrons. The first-order valence-corrected chi connectivity index (χ1v) is 7.75. The zero-order valence-electron chi connectivity index (χ0n) is 11.9. The lowest BCUT2D eigenvalue weighted by molar-refractivity contribution is -0.135. The molecule has 2 unspecified atom stereocenters. The highest BCUT2D eigenvalue weighted by molar-refractivity contribution is 5.77. The Balaban J connectivity index is 1.70. The molecule has 0 N–H and O–H groups in total. The monoisotopic (exact) mass is 277 g/mol. The van der Waals surface area contributed by atoms with E-state index in [4.69, 9.17) is 9.15 Å². The van der Waals surface area contributed by atoms with Crippen LogP contribution in [0.1, 0.15) is 50.3 Å². The fourth-order valence-corrected chi connectivity index (χ4v) is 3.29. The van der Waals surface area contributed by atoms with Crippen LogP contribution >= 0.6 is 0 Å². The normalized spacial score (nSPS) is 27.5. The fraction of sp³-hybridized carbons (Fsp3) is 0.688. The van der Waals surface area contributed by atoms with Crippen LogP contribution in [0.25, 0.3) is 0 Å². The maximum atomic E-state index is 12.6. The Kier molecular flexibility index (Phi) is 4.41. The maximum Gasteiger partial charge on any atom is 0.223 e. The van der Waals surface area contributed by atoms with E-state index in [2.05, 4.69) is 0 Å². The summed E-state index contributed by atoms with van der Waals surface area (Å²) >= 11 is 0. The third-order valence-electron chi connectivity index (χ3n) is 4.43. The Morgan fingerprint density at radius 2 is 2.25 bits per heavy atom. The molecule has 0 spiro atoms. The van der Waals surface area contributed by atoms with Gasteiger partial charge in [-0.05, 0) is 37.3 Å². The van der Waals surface area contributed by atoms with Gasteiger partial charge < -0.3 is 14.1 Å².